The Morgan fingerprint density at radius 1 is 1.25 bits per heavy atom. The summed E-state index contributed by atoms with van der Waals surface area (Å²) in [4.78, 5) is 8.71. The van der Waals surface area contributed by atoms with Gasteiger partial charge in [-0.1, -0.05) is 17.7 Å². The number of fused-ring (bicyclic) bond motifs is 1. The molecule has 0 saturated carbocycles. The number of benzene rings is 1. The molecule has 0 unspecified atom stereocenters. The topological polar surface area (TPSA) is 54.7 Å². The van der Waals surface area contributed by atoms with Crippen molar-refractivity contribution < 1.29 is 0 Å². The fourth-order valence-electron chi connectivity index (χ4n) is 1.59. The summed E-state index contributed by atoms with van der Waals surface area (Å²) < 4.78 is 0. The van der Waals surface area contributed by atoms with Gasteiger partial charge in [0.2, 0.25) is 0 Å². The zero-order valence-electron chi connectivity index (χ0n) is 8.20. The maximum absolute atomic E-state index is 6.06. The van der Waals surface area contributed by atoms with Crippen molar-refractivity contribution in [1.29, 1.82) is 0 Å². The number of nitrogens with two attached hydrogens (primary N) is 1. The Morgan fingerprint density at radius 2 is 2.12 bits per heavy atom. The van der Waals surface area contributed by atoms with Gasteiger partial charge in [-0.3, -0.25) is 0 Å². The predicted octanol–water partition coefficient (Wildman–Crippen LogP) is 3.53. The lowest BCUT2D eigenvalue weighted by molar-refractivity contribution is 1.36. The lowest BCUT2D eigenvalue weighted by Gasteiger charge is -1.88. The van der Waals surface area contributed by atoms with Crippen LogP contribution in [-0.4, -0.2) is 9.97 Å². The predicted molar refractivity (Wildman–Crippen MR) is 68.8 cm³/mol. The number of para-hydroxylation sites is 1. The minimum atomic E-state index is 0.657. The molecule has 16 heavy (non-hydrogen) atoms. The Kier molecular flexibility index (Phi) is 2.12. The fourth-order valence-corrected chi connectivity index (χ4v) is 2.53. The highest BCUT2D eigenvalue weighted by Crippen LogP contribution is 2.30. The number of anilines is 1. The van der Waals surface area contributed by atoms with Crippen molar-refractivity contribution in [1.82, 2.24) is 9.97 Å². The number of aromatic nitrogens is 2. The molecular weight excluding hydrogens is 242 g/mol. The monoisotopic (exact) mass is 249 g/mol. The maximum atomic E-state index is 6.06. The van der Waals surface area contributed by atoms with Crippen LogP contribution >= 0.6 is 22.9 Å². The van der Waals surface area contributed by atoms with Crippen LogP contribution in [0.2, 0.25) is 5.02 Å². The van der Waals surface area contributed by atoms with Crippen molar-refractivity contribution in [3.63, 3.8) is 0 Å². The van der Waals surface area contributed by atoms with Crippen molar-refractivity contribution in [3.05, 3.63) is 35.4 Å². The van der Waals surface area contributed by atoms with Gasteiger partial charge < -0.3 is 10.7 Å². The molecule has 1 aromatic carbocycles. The van der Waals surface area contributed by atoms with Crippen LogP contribution in [0.5, 0.6) is 0 Å². The molecule has 2 aromatic heterocycles. The molecule has 3 aromatic rings. The van der Waals surface area contributed by atoms with E-state index in [1.807, 2.05) is 30.3 Å². The molecule has 0 aliphatic heterocycles. The van der Waals surface area contributed by atoms with Crippen LogP contribution in [0, 0.1) is 0 Å². The molecule has 0 radical (unpaired) electrons. The van der Waals surface area contributed by atoms with Gasteiger partial charge in [-0.2, -0.15) is 0 Å². The van der Waals surface area contributed by atoms with E-state index >= 15 is 0 Å². The zero-order valence-corrected chi connectivity index (χ0v) is 9.77. The summed E-state index contributed by atoms with van der Waals surface area (Å²) in [7, 11) is 0. The number of halogens is 1. The van der Waals surface area contributed by atoms with E-state index in [9.17, 15) is 0 Å². The van der Waals surface area contributed by atoms with Gasteiger partial charge in [-0.05, 0) is 24.3 Å². The smallest absolute Gasteiger partial charge is 0.148 e. The third kappa shape index (κ3) is 1.47. The average molecular weight is 250 g/mol. The lowest BCUT2D eigenvalue weighted by Crippen LogP contribution is -1.74. The average Bonchev–Trinajstić information content (AvgIpc) is 2.84. The summed E-state index contributed by atoms with van der Waals surface area (Å²) in [5.74, 6) is 0.810. The van der Waals surface area contributed by atoms with Gasteiger partial charge in [-0.25, -0.2) is 4.98 Å². The van der Waals surface area contributed by atoms with E-state index in [1.54, 1.807) is 0 Å². The van der Waals surface area contributed by atoms with E-state index < -0.39 is 0 Å². The number of nitrogen functional groups attached to an aromatic ring is 1. The molecular formula is C11H8ClN3S. The molecule has 0 spiro atoms. The Hall–Kier alpha value is -1.52. The third-order valence-electron chi connectivity index (χ3n) is 2.32. The fraction of sp³-hybridized carbons (Fsp3) is 0. The number of H-pyrrole nitrogens is 1. The first-order valence-corrected chi connectivity index (χ1v) is 5.93. The number of thiophene rings is 1. The summed E-state index contributed by atoms with van der Waals surface area (Å²) in [6.45, 7) is 0. The van der Waals surface area contributed by atoms with Crippen LogP contribution in [0.3, 0.4) is 0 Å². The first-order chi connectivity index (χ1) is 7.74. The van der Waals surface area contributed by atoms with Crippen LogP contribution < -0.4 is 5.73 Å². The van der Waals surface area contributed by atoms with Gasteiger partial charge in [0.05, 0.1) is 20.4 Å². The van der Waals surface area contributed by atoms with Crippen LogP contribution in [0.4, 0.5) is 5.00 Å². The van der Waals surface area contributed by atoms with E-state index in [4.69, 9.17) is 17.3 Å². The molecule has 0 aliphatic carbocycles. The standard InChI is InChI=1S/C11H8ClN3S/c12-6-2-1-3-7-10(6)15-11(14-7)8-4-5-9(13)16-8/h1-5H,13H2,(H,14,15). The second-order valence-corrected chi connectivity index (χ2v) is 4.95. The number of aromatic amines is 1. The van der Waals surface area contributed by atoms with E-state index in [1.165, 1.54) is 11.3 Å². The normalized spacial score (nSPS) is 11.1. The number of hydrogen-bond donors (Lipinski definition) is 2. The highest BCUT2D eigenvalue weighted by Gasteiger charge is 2.08. The Morgan fingerprint density at radius 3 is 2.81 bits per heavy atom. The number of nitrogens with zero attached hydrogens (tertiary/aromatic N) is 1. The van der Waals surface area contributed by atoms with Crippen LogP contribution in [0.25, 0.3) is 21.7 Å². The van der Waals surface area contributed by atoms with E-state index in [0.717, 1.165) is 26.7 Å². The maximum Gasteiger partial charge on any atom is 0.148 e. The Labute approximate surface area is 101 Å². The van der Waals surface area contributed by atoms with E-state index in [-0.39, 0.29) is 0 Å². The molecule has 0 aliphatic rings. The van der Waals surface area contributed by atoms with Gasteiger partial charge in [-0.15, -0.1) is 11.3 Å². The van der Waals surface area contributed by atoms with Crippen molar-refractivity contribution in [2.45, 2.75) is 0 Å². The molecule has 2 heterocycles. The SMILES string of the molecule is Nc1ccc(-c2nc3c(Cl)cccc3[nH]2)s1. The molecule has 0 fully saturated rings. The number of imidazole rings is 1. The number of nitrogens with one attached hydrogen (secondary N) is 1. The summed E-state index contributed by atoms with van der Waals surface area (Å²) in [6.07, 6.45) is 0. The second kappa shape index (κ2) is 3.50. The molecule has 0 amide bonds. The Balaban J connectivity index is 2.22. The summed E-state index contributed by atoms with van der Waals surface area (Å²) in [6, 6.07) is 9.50. The van der Waals surface area contributed by atoms with Crippen LogP contribution in [0.1, 0.15) is 0 Å². The number of hydrogen-bond acceptors (Lipinski definition) is 3. The molecule has 0 bridgehead atoms. The summed E-state index contributed by atoms with van der Waals surface area (Å²) >= 11 is 7.56. The highest BCUT2D eigenvalue weighted by atomic mass is 35.5. The van der Waals surface area contributed by atoms with Gasteiger partial charge in [0.25, 0.3) is 0 Å². The highest BCUT2D eigenvalue weighted by molar-refractivity contribution is 7.19. The van der Waals surface area contributed by atoms with Gasteiger partial charge >= 0.3 is 0 Å². The molecule has 5 heteroatoms. The van der Waals surface area contributed by atoms with E-state index in [2.05, 4.69) is 9.97 Å². The zero-order chi connectivity index (χ0) is 11.1. The minimum Gasteiger partial charge on any atom is -0.391 e. The molecule has 0 saturated heterocycles. The van der Waals surface area contributed by atoms with Crippen LogP contribution in [0.15, 0.2) is 30.3 Å². The Bertz CT molecular complexity index is 656. The molecule has 3 nitrogen and oxygen atoms in total. The number of rotatable bonds is 1. The van der Waals surface area contributed by atoms with Gasteiger partial charge in [0.1, 0.15) is 11.3 Å². The van der Waals surface area contributed by atoms with Gasteiger partial charge in [0.15, 0.2) is 0 Å². The van der Waals surface area contributed by atoms with Crippen molar-refractivity contribution >= 4 is 39.0 Å². The van der Waals surface area contributed by atoms with Crippen LogP contribution in [-0.2, 0) is 0 Å². The van der Waals surface area contributed by atoms with Crippen molar-refractivity contribution in [3.8, 4) is 10.7 Å². The minimum absolute atomic E-state index is 0.657. The molecule has 3 rings (SSSR count). The van der Waals surface area contributed by atoms with E-state index in [0.29, 0.717) is 5.02 Å². The summed E-state index contributed by atoms with van der Waals surface area (Å²) in [5, 5.41) is 1.44. The molecule has 80 valence electrons. The first kappa shape index (κ1) is 9.69. The van der Waals surface area contributed by atoms with Crippen molar-refractivity contribution in [2.24, 2.45) is 0 Å². The second-order valence-electron chi connectivity index (χ2n) is 3.42. The van der Waals surface area contributed by atoms with Gasteiger partial charge in [0, 0.05) is 0 Å². The largest absolute Gasteiger partial charge is 0.391 e. The third-order valence-corrected chi connectivity index (χ3v) is 3.55. The first-order valence-electron chi connectivity index (χ1n) is 4.74. The lowest BCUT2D eigenvalue weighted by atomic mass is 10.3. The quantitative estimate of drug-likeness (QED) is 0.693. The molecule has 3 N–H and O–H groups in total. The summed E-state index contributed by atoms with van der Waals surface area (Å²) in [5.41, 5.74) is 7.43. The van der Waals surface area contributed by atoms with Crippen molar-refractivity contribution in [2.75, 3.05) is 5.73 Å². The molecule has 0 atom stereocenters.